The number of carbonyl (C=O) groups is 1. The first kappa shape index (κ1) is 13.6. The first-order valence-corrected chi connectivity index (χ1v) is 6.73. The van der Waals surface area contributed by atoms with Crippen LogP contribution in [0.2, 0.25) is 0 Å². The van der Waals surface area contributed by atoms with Gasteiger partial charge in [-0.25, -0.2) is 4.79 Å². The van der Waals surface area contributed by atoms with Gasteiger partial charge in [-0.3, -0.25) is 0 Å². The van der Waals surface area contributed by atoms with Crippen molar-refractivity contribution in [3.63, 3.8) is 0 Å². The van der Waals surface area contributed by atoms with Crippen molar-refractivity contribution in [2.24, 2.45) is 5.90 Å². The van der Waals surface area contributed by atoms with E-state index in [-0.39, 0.29) is 0 Å². The van der Waals surface area contributed by atoms with E-state index < -0.39 is 5.97 Å². The van der Waals surface area contributed by atoms with Gasteiger partial charge in [0, 0.05) is 10.3 Å². The molecule has 0 spiro atoms. The molecule has 19 heavy (non-hydrogen) atoms. The Hall–Kier alpha value is -1.85. The fourth-order valence-electron chi connectivity index (χ4n) is 1.85. The topological polar surface area (TPSA) is 61.5 Å². The Morgan fingerprint density at radius 2 is 2.11 bits per heavy atom. The fraction of sp³-hybridized carbons (Fsp3) is 0.214. The maximum absolute atomic E-state index is 11.2. The number of benzene rings is 1. The van der Waals surface area contributed by atoms with Gasteiger partial charge in [-0.15, -0.1) is 11.3 Å². The second-order valence-corrected chi connectivity index (χ2v) is 5.01. The third kappa shape index (κ3) is 3.33. The van der Waals surface area contributed by atoms with Gasteiger partial charge < -0.3 is 9.57 Å². The van der Waals surface area contributed by atoms with Crippen molar-refractivity contribution in [3.05, 3.63) is 51.7 Å². The number of thiophene rings is 1. The molecule has 4 nitrogen and oxygen atoms in total. The Labute approximate surface area is 115 Å². The predicted molar refractivity (Wildman–Crippen MR) is 74.3 cm³/mol. The molecule has 0 saturated heterocycles. The predicted octanol–water partition coefficient (Wildman–Crippen LogP) is 2.57. The number of rotatable bonds is 5. The van der Waals surface area contributed by atoms with Gasteiger partial charge >= 0.3 is 5.97 Å². The number of hydrogen-bond acceptors (Lipinski definition) is 5. The second kappa shape index (κ2) is 6.36. The minimum Gasteiger partial charge on any atom is -0.496 e. The largest absolute Gasteiger partial charge is 0.496 e. The summed E-state index contributed by atoms with van der Waals surface area (Å²) in [6, 6.07) is 9.74. The van der Waals surface area contributed by atoms with Crippen LogP contribution in [-0.2, 0) is 17.7 Å². The first-order valence-electron chi connectivity index (χ1n) is 5.85. The molecule has 0 fully saturated rings. The molecule has 0 unspecified atom stereocenters. The van der Waals surface area contributed by atoms with E-state index >= 15 is 0 Å². The third-order valence-electron chi connectivity index (χ3n) is 2.83. The molecule has 1 aromatic heterocycles. The van der Waals surface area contributed by atoms with E-state index in [0.717, 1.165) is 29.0 Å². The van der Waals surface area contributed by atoms with Crippen LogP contribution < -0.4 is 10.6 Å². The molecule has 0 atom stereocenters. The van der Waals surface area contributed by atoms with Crippen molar-refractivity contribution in [2.45, 2.75) is 12.8 Å². The average molecular weight is 277 g/mol. The van der Waals surface area contributed by atoms with E-state index in [9.17, 15) is 4.79 Å². The quantitative estimate of drug-likeness (QED) is 0.853. The lowest BCUT2D eigenvalue weighted by Crippen LogP contribution is -2.08. The summed E-state index contributed by atoms with van der Waals surface area (Å²) in [4.78, 5) is 16.6. The van der Waals surface area contributed by atoms with E-state index in [1.165, 1.54) is 11.3 Å². The van der Waals surface area contributed by atoms with Gasteiger partial charge in [0.15, 0.2) is 0 Å². The summed E-state index contributed by atoms with van der Waals surface area (Å²) >= 11 is 1.53. The summed E-state index contributed by atoms with van der Waals surface area (Å²) in [6.07, 6.45) is 1.71. The summed E-state index contributed by atoms with van der Waals surface area (Å²) in [5, 5.41) is 1.76. The molecule has 0 aliphatic heterocycles. The van der Waals surface area contributed by atoms with Crippen molar-refractivity contribution < 1.29 is 14.4 Å². The molecule has 100 valence electrons. The Kier molecular flexibility index (Phi) is 4.54. The number of hydrogen-bond donors (Lipinski definition) is 1. The number of carbonyl (C=O) groups excluding carboxylic acids is 1. The van der Waals surface area contributed by atoms with Gasteiger partial charge in [0.2, 0.25) is 0 Å². The summed E-state index contributed by atoms with van der Waals surface area (Å²) in [6.45, 7) is 0. The minimum atomic E-state index is -0.500. The van der Waals surface area contributed by atoms with Crippen molar-refractivity contribution in [3.8, 4) is 5.75 Å². The van der Waals surface area contributed by atoms with Crippen LogP contribution in [0.15, 0.2) is 35.7 Å². The van der Waals surface area contributed by atoms with E-state index in [0.29, 0.717) is 5.56 Å². The Balaban J connectivity index is 2.02. The molecule has 2 N–H and O–H groups in total. The molecule has 0 aliphatic carbocycles. The zero-order valence-corrected chi connectivity index (χ0v) is 11.4. The standard InChI is InChI=1S/C14H15NO3S/c1-17-13-5-3-2-4-10(13)6-7-12-8-11(9-19-12)14(16)18-15/h2-5,8-9H,6-7,15H2,1H3. The number of aryl methyl sites for hydroxylation is 2. The van der Waals surface area contributed by atoms with Crippen molar-refractivity contribution in [2.75, 3.05) is 7.11 Å². The molecule has 1 aromatic carbocycles. The van der Waals surface area contributed by atoms with E-state index in [1.807, 2.05) is 30.3 Å². The lowest BCUT2D eigenvalue weighted by Gasteiger charge is -2.06. The van der Waals surface area contributed by atoms with Gasteiger partial charge in [-0.2, -0.15) is 5.90 Å². The normalized spacial score (nSPS) is 10.2. The summed E-state index contributed by atoms with van der Waals surface area (Å²) < 4.78 is 5.31. The summed E-state index contributed by atoms with van der Waals surface area (Å²) in [5.74, 6) is 5.24. The zero-order chi connectivity index (χ0) is 13.7. The fourth-order valence-corrected chi connectivity index (χ4v) is 2.71. The molecule has 5 heteroatoms. The van der Waals surface area contributed by atoms with Gasteiger partial charge in [-0.1, -0.05) is 18.2 Å². The van der Waals surface area contributed by atoms with Gasteiger partial charge in [0.05, 0.1) is 12.7 Å². The Bertz CT molecular complexity index is 565. The average Bonchev–Trinajstić information content (AvgIpc) is 2.93. The molecule has 0 radical (unpaired) electrons. The van der Waals surface area contributed by atoms with Crippen LogP contribution in [0.4, 0.5) is 0 Å². The van der Waals surface area contributed by atoms with Gasteiger partial charge in [0.1, 0.15) is 5.75 Å². The molecule has 2 rings (SSSR count). The first-order chi connectivity index (χ1) is 9.24. The highest BCUT2D eigenvalue weighted by Gasteiger charge is 2.10. The van der Waals surface area contributed by atoms with Crippen LogP contribution in [0.5, 0.6) is 5.75 Å². The van der Waals surface area contributed by atoms with Crippen molar-refractivity contribution in [1.29, 1.82) is 0 Å². The summed E-state index contributed by atoms with van der Waals surface area (Å²) in [5.41, 5.74) is 1.66. The van der Waals surface area contributed by atoms with Crippen molar-refractivity contribution >= 4 is 17.3 Å². The Morgan fingerprint density at radius 3 is 2.84 bits per heavy atom. The van der Waals surface area contributed by atoms with Gasteiger partial charge in [0.25, 0.3) is 0 Å². The number of para-hydroxylation sites is 1. The monoisotopic (exact) mass is 277 g/mol. The summed E-state index contributed by atoms with van der Waals surface area (Å²) in [7, 11) is 1.67. The highest BCUT2D eigenvalue weighted by Crippen LogP contribution is 2.22. The lowest BCUT2D eigenvalue weighted by molar-refractivity contribution is 0.0504. The SMILES string of the molecule is COc1ccccc1CCc1cc(C(=O)ON)cs1. The molecule has 1 heterocycles. The van der Waals surface area contributed by atoms with E-state index in [1.54, 1.807) is 12.5 Å². The van der Waals surface area contributed by atoms with Crippen LogP contribution in [-0.4, -0.2) is 13.1 Å². The molecular formula is C14H15NO3S. The van der Waals surface area contributed by atoms with E-state index in [4.69, 9.17) is 10.6 Å². The van der Waals surface area contributed by atoms with Crippen LogP contribution in [0.3, 0.4) is 0 Å². The maximum Gasteiger partial charge on any atom is 0.357 e. The maximum atomic E-state index is 11.2. The van der Waals surface area contributed by atoms with E-state index in [2.05, 4.69) is 4.84 Å². The molecule has 0 aliphatic rings. The lowest BCUT2D eigenvalue weighted by atomic mass is 10.1. The van der Waals surface area contributed by atoms with Crippen LogP contribution in [0, 0.1) is 0 Å². The van der Waals surface area contributed by atoms with Crippen LogP contribution >= 0.6 is 11.3 Å². The Morgan fingerprint density at radius 1 is 1.32 bits per heavy atom. The molecule has 2 aromatic rings. The smallest absolute Gasteiger partial charge is 0.357 e. The highest BCUT2D eigenvalue weighted by atomic mass is 32.1. The van der Waals surface area contributed by atoms with Gasteiger partial charge in [-0.05, 0) is 30.5 Å². The highest BCUT2D eigenvalue weighted by molar-refractivity contribution is 7.10. The molecular weight excluding hydrogens is 262 g/mol. The molecule has 0 amide bonds. The van der Waals surface area contributed by atoms with Crippen LogP contribution in [0.25, 0.3) is 0 Å². The second-order valence-electron chi connectivity index (χ2n) is 4.02. The number of nitrogens with two attached hydrogens (primary N) is 1. The van der Waals surface area contributed by atoms with Crippen LogP contribution in [0.1, 0.15) is 20.8 Å². The molecule has 0 saturated carbocycles. The van der Waals surface area contributed by atoms with Crippen molar-refractivity contribution in [1.82, 2.24) is 0 Å². The molecule has 0 bridgehead atoms. The zero-order valence-electron chi connectivity index (χ0n) is 10.6. The number of ether oxygens (including phenoxy) is 1. The number of methoxy groups -OCH3 is 1. The minimum absolute atomic E-state index is 0.500. The third-order valence-corrected chi connectivity index (χ3v) is 3.83.